The first-order chi connectivity index (χ1) is 16.1. The van der Waals surface area contributed by atoms with E-state index in [1.165, 1.54) is 0 Å². The van der Waals surface area contributed by atoms with Gasteiger partial charge < -0.3 is 14.4 Å². The van der Waals surface area contributed by atoms with Crippen LogP contribution < -0.4 is 4.90 Å². The molecule has 1 N–H and O–H groups in total. The maximum atomic E-state index is 11.5. The van der Waals surface area contributed by atoms with Crippen LogP contribution in [-0.4, -0.2) is 22.6 Å². The van der Waals surface area contributed by atoms with Crippen molar-refractivity contribution < 1.29 is 14.3 Å². The molecule has 0 unspecified atom stereocenters. The van der Waals surface area contributed by atoms with E-state index in [4.69, 9.17) is 4.42 Å². The molecule has 164 valence electrons. The molecule has 6 heteroatoms. The number of aromatic nitrogens is 1. The molecule has 1 aromatic heterocycles. The second kappa shape index (κ2) is 9.00. The predicted octanol–water partition coefficient (Wildman–Crippen LogP) is 6.83. The number of carbonyl (C=O) groups is 1. The van der Waals surface area contributed by atoms with Gasteiger partial charge in [-0.05, 0) is 53.5 Å². The molecule has 0 bridgehead atoms. The van der Waals surface area contributed by atoms with Gasteiger partial charge >= 0.3 is 5.97 Å². The van der Waals surface area contributed by atoms with Crippen molar-refractivity contribution in [1.29, 1.82) is 0 Å². The Morgan fingerprint density at radius 1 is 1.06 bits per heavy atom. The highest BCUT2D eigenvalue weighted by atomic mass is 32.2. The van der Waals surface area contributed by atoms with Crippen LogP contribution in [0.25, 0.3) is 28.3 Å². The smallest absolute Gasteiger partial charge is 0.323 e. The van der Waals surface area contributed by atoms with Gasteiger partial charge in [0.15, 0.2) is 5.58 Å². The van der Waals surface area contributed by atoms with Crippen molar-refractivity contribution in [2.75, 3.05) is 11.4 Å². The third kappa shape index (κ3) is 4.43. The summed E-state index contributed by atoms with van der Waals surface area (Å²) in [5.74, 6) is -0.331. The van der Waals surface area contributed by atoms with Crippen LogP contribution in [0.3, 0.4) is 0 Å². The van der Waals surface area contributed by atoms with E-state index in [1.54, 1.807) is 11.8 Å². The molecular formula is C27H22N2O3S. The second-order valence-electron chi connectivity index (χ2n) is 7.71. The van der Waals surface area contributed by atoms with E-state index in [-0.39, 0.29) is 6.54 Å². The number of carboxylic acid groups (broad SMARTS) is 1. The molecule has 0 aliphatic carbocycles. The lowest BCUT2D eigenvalue weighted by Crippen LogP contribution is -2.25. The van der Waals surface area contributed by atoms with E-state index in [0.29, 0.717) is 5.89 Å². The van der Waals surface area contributed by atoms with Crippen LogP contribution in [0.1, 0.15) is 19.2 Å². The monoisotopic (exact) mass is 454 g/mol. The zero-order valence-electron chi connectivity index (χ0n) is 18.1. The number of anilines is 1. The van der Waals surface area contributed by atoms with Crippen LogP contribution in [0.4, 0.5) is 5.69 Å². The Balaban J connectivity index is 1.47. The summed E-state index contributed by atoms with van der Waals surface area (Å²) >= 11 is 1.58. The van der Waals surface area contributed by atoms with Gasteiger partial charge in [0, 0.05) is 11.0 Å². The Labute approximate surface area is 196 Å². The van der Waals surface area contributed by atoms with E-state index < -0.39 is 5.97 Å². The molecular weight excluding hydrogens is 432 g/mol. The highest BCUT2D eigenvalue weighted by molar-refractivity contribution is 8.03. The van der Waals surface area contributed by atoms with Gasteiger partial charge in [0.2, 0.25) is 5.89 Å². The van der Waals surface area contributed by atoms with Gasteiger partial charge in [-0.25, -0.2) is 4.98 Å². The quantitative estimate of drug-likeness (QED) is 0.345. The number of benzene rings is 3. The summed E-state index contributed by atoms with van der Waals surface area (Å²) in [7, 11) is 0. The van der Waals surface area contributed by atoms with E-state index >= 15 is 0 Å². The largest absolute Gasteiger partial charge is 0.480 e. The molecule has 0 radical (unpaired) electrons. The Kier molecular flexibility index (Phi) is 5.75. The van der Waals surface area contributed by atoms with Crippen molar-refractivity contribution in [3.05, 3.63) is 95.4 Å². The Morgan fingerprint density at radius 3 is 2.64 bits per heavy atom. The minimum Gasteiger partial charge on any atom is -0.480 e. The molecule has 2 heterocycles. The Bertz CT molecular complexity index is 1390. The molecule has 0 atom stereocenters. The van der Waals surface area contributed by atoms with Crippen LogP contribution in [0, 0.1) is 0 Å². The number of aliphatic carboxylic acids is 1. The number of hydrogen-bond donors (Lipinski definition) is 1. The maximum Gasteiger partial charge on any atom is 0.323 e. The fourth-order valence-corrected chi connectivity index (χ4v) is 4.98. The van der Waals surface area contributed by atoms with E-state index in [2.05, 4.69) is 24.0 Å². The van der Waals surface area contributed by atoms with Crippen molar-refractivity contribution in [2.45, 2.75) is 18.2 Å². The van der Waals surface area contributed by atoms with Crippen molar-refractivity contribution in [2.24, 2.45) is 0 Å². The topological polar surface area (TPSA) is 66.6 Å². The first-order valence-corrected chi connectivity index (χ1v) is 11.6. The lowest BCUT2D eigenvalue weighted by atomic mass is 10.1. The number of allylic oxidation sites excluding steroid dienone is 2. The Hall–Kier alpha value is -3.77. The van der Waals surface area contributed by atoms with Gasteiger partial charge in [-0.1, -0.05) is 67.2 Å². The van der Waals surface area contributed by atoms with E-state index in [0.717, 1.165) is 49.8 Å². The number of oxazole rings is 1. The van der Waals surface area contributed by atoms with E-state index in [1.807, 2.05) is 77.7 Å². The molecule has 4 aromatic rings. The minimum atomic E-state index is -0.867. The number of carboxylic acids is 1. The molecule has 0 saturated carbocycles. The van der Waals surface area contributed by atoms with Gasteiger partial charge in [-0.2, -0.15) is 0 Å². The first kappa shape index (κ1) is 21.1. The van der Waals surface area contributed by atoms with E-state index in [9.17, 15) is 9.90 Å². The number of nitrogens with zero attached hydrogens (tertiary/aromatic N) is 2. The fraction of sp³-hybridized carbons (Fsp3) is 0.111. The van der Waals surface area contributed by atoms with Gasteiger partial charge in [-0.3, -0.25) is 4.79 Å². The lowest BCUT2D eigenvalue weighted by Gasteiger charge is -2.18. The zero-order valence-corrected chi connectivity index (χ0v) is 18.9. The van der Waals surface area contributed by atoms with Gasteiger partial charge in [0.25, 0.3) is 0 Å². The summed E-state index contributed by atoms with van der Waals surface area (Å²) in [6.07, 6.45) is 4.71. The third-order valence-corrected chi connectivity index (χ3v) is 6.58. The highest BCUT2D eigenvalue weighted by Crippen LogP contribution is 2.46. The summed E-state index contributed by atoms with van der Waals surface area (Å²) in [5, 5.41) is 10.3. The average Bonchev–Trinajstić information content (AvgIpc) is 3.39. The molecule has 0 fully saturated rings. The van der Waals surface area contributed by atoms with Crippen molar-refractivity contribution in [3.63, 3.8) is 0 Å². The Morgan fingerprint density at radius 2 is 1.85 bits per heavy atom. The van der Waals surface area contributed by atoms with Crippen molar-refractivity contribution in [1.82, 2.24) is 4.98 Å². The van der Waals surface area contributed by atoms with Gasteiger partial charge in [-0.15, -0.1) is 0 Å². The SMILES string of the molecule is CCC(/C=C1\Sc2ccccc2N1CC(=O)O)=C\c1nc2cc(-c3ccccc3)ccc2o1. The summed E-state index contributed by atoms with van der Waals surface area (Å²) < 4.78 is 5.98. The zero-order chi connectivity index (χ0) is 22.8. The number of para-hydroxylation sites is 1. The van der Waals surface area contributed by atoms with Crippen LogP contribution in [0.15, 0.2) is 98.8 Å². The van der Waals surface area contributed by atoms with Crippen LogP contribution in [0.5, 0.6) is 0 Å². The summed E-state index contributed by atoms with van der Waals surface area (Å²) in [4.78, 5) is 19.0. The molecule has 33 heavy (non-hydrogen) atoms. The summed E-state index contributed by atoms with van der Waals surface area (Å²) in [6.45, 7) is 1.98. The molecule has 0 amide bonds. The summed E-state index contributed by atoms with van der Waals surface area (Å²) in [5.41, 5.74) is 5.70. The molecule has 3 aromatic carbocycles. The number of thioether (sulfide) groups is 1. The van der Waals surface area contributed by atoms with Crippen LogP contribution in [-0.2, 0) is 4.79 Å². The standard InChI is InChI=1S/C27H22N2O3S/c1-2-18(15-26-29(17-27(30)31)22-10-6-7-11-24(22)33-26)14-25-28-21-16-20(12-13-23(21)32-25)19-8-4-3-5-9-19/h3-16H,2,17H2,1H3,(H,30,31)/b18-14+,26-15-. The normalized spacial score (nSPS) is 14.8. The highest BCUT2D eigenvalue weighted by Gasteiger charge is 2.26. The third-order valence-electron chi connectivity index (χ3n) is 5.47. The molecule has 1 aliphatic rings. The summed E-state index contributed by atoms with van der Waals surface area (Å²) in [6, 6.07) is 24.1. The van der Waals surface area contributed by atoms with Crippen molar-refractivity contribution in [3.8, 4) is 11.1 Å². The molecule has 0 saturated heterocycles. The number of fused-ring (bicyclic) bond motifs is 2. The number of hydrogen-bond acceptors (Lipinski definition) is 5. The van der Waals surface area contributed by atoms with Gasteiger partial charge in [0.05, 0.1) is 10.7 Å². The van der Waals surface area contributed by atoms with Crippen LogP contribution >= 0.6 is 11.8 Å². The molecule has 1 aliphatic heterocycles. The van der Waals surface area contributed by atoms with Crippen molar-refractivity contribution >= 4 is 40.6 Å². The average molecular weight is 455 g/mol. The molecule has 0 spiro atoms. The molecule has 5 rings (SSSR count). The number of rotatable bonds is 6. The van der Waals surface area contributed by atoms with Crippen LogP contribution in [0.2, 0.25) is 0 Å². The first-order valence-electron chi connectivity index (χ1n) is 10.7. The lowest BCUT2D eigenvalue weighted by molar-refractivity contribution is -0.135. The fourth-order valence-electron chi connectivity index (χ4n) is 3.84. The second-order valence-corrected chi connectivity index (χ2v) is 8.77. The predicted molar refractivity (Wildman–Crippen MR) is 133 cm³/mol. The molecule has 5 nitrogen and oxygen atoms in total. The van der Waals surface area contributed by atoms with Gasteiger partial charge in [0.1, 0.15) is 12.1 Å². The minimum absolute atomic E-state index is 0.0853. The maximum absolute atomic E-state index is 11.5.